The van der Waals surface area contributed by atoms with Crippen LogP contribution in [0.25, 0.3) is 0 Å². The molecule has 2 N–H and O–H groups in total. The fourth-order valence-electron chi connectivity index (χ4n) is 2.20. The highest BCUT2D eigenvalue weighted by Crippen LogP contribution is 2.25. The lowest BCUT2D eigenvalue weighted by Gasteiger charge is -2.19. The van der Waals surface area contributed by atoms with Crippen molar-refractivity contribution in [1.82, 2.24) is 10.0 Å². The van der Waals surface area contributed by atoms with Gasteiger partial charge in [0, 0.05) is 5.02 Å². The quantitative estimate of drug-likeness (QED) is 0.778. The molecule has 0 aliphatic carbocycles. The fraction of sp³-hybridized carbons (Fsp3) is 0.235. The van der Waals surface area contributed by atoms with Gasteiger partial charge in [-0.25, -0.2) is 8.42 Å². The lowest BCUT2D eigenvalue weighted by atomic mass is 10.1. The monoisotopic (exact) mass is 400 g/mol. The Morgan fingerprint density at radius 2 is 1.68 bits per heavy atom. The Hall–Kier alpha value is -1.60. The highest BCUT2D eigenvalue weighted by atomic mass is 35.5. The average molecular weight is 401 g/mol. The molecular formula is C17H18Cl2N2O3S. The van der Waals surface area contributed by atoms with Crippen molar-refractivity contribution in [1.29, 1.82) is 0 Å². The molecule has 0 heterocycles. The second-order valence-corrected chi connectivity index (χ2v) is 8.08. The van der Waals surface area contributed by atoms with E-state index < -0.39 is 22.0 Å². The lowest BCUT2D eigenvalue weighted by Crippen LogP contribution is -2.45. The number of hydrogen-bond donors (Lipinski definition) is 2. The Bertz CT molecular complexity index is 857. The van der Waals surface area contributed by atoms with Crippen LogP contribution < -0.4 is 10.0 Å². The number of carbonyl (C=O) groups is 1. The van der Waals surface area contributed by atoms with E-state index in [2.05, 4.69) is 10.0 Å². The zero-order valence-electron chi connectivity index (χ0n) is 13.7. The third-order valence-corrected chi connectivity index (χ3v) is 5.82. The van der Waals surface area contributed by atoms with Crippen LogP contribution >= 0.6 is 23.2 Å². The summed E-state index contributed by atoms with van der Waals surface area (Å²) in [6.45, 7) is 3.28. The van der Waals surface area contributed by atoms with Crippen LogP contribution in [-0.2, 0) is 14.8 Å². The summed E-state index contributed by atoms with van der Waals surface area (Å²) < 4.78 is 27.2. The number of carbonyl (C=O) groups excluding carboxylic acids is 1. The van der Waals surface area contributed by atoms with Gasteiger partial charge in [0.2, 0.25) is 15.9 Å². The van der Waals surface area contributed by atoms with Crippen molar-refractivity contribution < 1.29 is 13.2 Å². The van der Waals surface area contributed by atoms with Crippen LogP contribution in [0.5, 0.6) is 0 Å². The van der Waals surface area contributed by atoms with E-state index in [0.29, 0.717) is 0 Å². The molecule has 2 rings (SSSR count). The van der Waals surface area contributed by atoms with Crippen LogP contribution in [-0.4, -0.2) is 20.4 Å². The Morgan fingerprint density at radius 1 is 1.04 bits per heavy atom. The second-order valence-electron chi connectivity index (χ2n) is 5.56. The molecule has 2 aromatic carbocycles. The first kappa shape index (κ1) is 19.7. The summed E-state index contributed by atoms with van der Waals surface area (Å²) in [4.78, 5) is 12.1. The number of benzene rings is 2. The first-order chi connectivity index (χ1) is 11.7. The van der Waals surface area contributed by atoms with E-state index in [-0.39, 0.29) is 21.0 Å². The number of rotatable bonds is 6. The molecule has 2 atom stereocenters. The van der Waals surface area contributed by atoms with Crippen molar-refractivity contribution >= 4 is 39.1 Å². The average Bonchev–Trinajstić information content (AvgIpc) is 2.57. The maximum absolute atomic E-state index is 12.4. The van der Waals surface area contributed by atoms with Gasteiger partial charge in [-0.05, 0) is 37.6 Å². The van der Waals surface area contributed by atoms with Gasteiger partial charge < -0.3 is 5.32 Å². The van der Waals surface area contributed by atoms with Crippen molar-refractivity contribution in [3.63, 3.8) is 0 Å². The molecule has 0 unspecified atom stereocenters. The smallest absolute Gasteiger partial charge is 0.242 e. The van der Waals surface area contributed by atoms with Gasteiger partial charge in [-0.1, -0.05) is 53.5 Å². The van der Waals surface area contributed by atoms with E-state index in [1.54, 1.807) is 0 Å². The van der Waals surface area contributed by atoms with Crippen molar-refractivity contribution in [3.05, 3.63) is 64.1 Å². The molecule has 0 aromatic heterocycles. The Balaban J connectivity index is 2.08. The lowest BCUT2D eigenvalue weighted by molar-refractivity contribution is -0.123. The number of hydrogen-bond acceptors (Lipinski definition) is 3. The number of sulfonamides is 1. The number of halogens is 2. The van der Waals surface area contributed by atoms with E-state index in [1.165, 1.54) is 25.1 Å². The van der Waals surface area contributed by atoms with Crippen molar-refractivity contribution in [2.45, 2.75) is 30.8 Å². The predicted octanol–water partition coefficient (Wildman–Crippen LogP) is 3.54. The summed E-state index contributed by atoms with van der Waals surface area (Å²) in [5.74, 6) is -0.446. The van der Waals surface area contributed by atoms with Crippen LogP contribution in [0.3, 0.4) is 0 Å². The molecule has 0 aliphatic rings. The molecule has 0 spiro atoms. The van der Waals surface area contributed by atoms with Gasteiger partial charge in [0.1, 0.15) is 4.90 Å². The molecule has 0 aliphatic heterocycles. The molecule has 8 heteroatoms. The molecule has 0 saturated heterocycles. The van der Waals surface area contributed by atoms with Gasteiger partial charge in [-0.2, -0.15) is 4.72 Å². The molecule has 0 bridgehead atoms. The van der Waals surface area contributed by atoms with Crippen LogP contribution in [0.1, 0.15) is 25.5 Å². The molecule has 5 nitrogen and oxygen atoms in total. The van der Waals surface area contributed by atoms with E-state index in [0.717, 1.165) is 5.56 Å². The zero-order valence-corrected chi connectivity index (χ0v) is 16.0. The molecule has 0 fully saturated rings. The van der Waals surface area contributed by atoms with Crippen LogP contribution in [0, 0.1) is 0 Å². The molecule has 0 radical (unpaired) electrons. The van der Waals surface area contributed by atoms with Gasteiger partial charge in [-0.15, -0.1) is 0 Å². The summed E-state index contributed by atoms with van der Waals surface area (Å²) in [7, 11) is -3.99. The standard InChI is InChI=1S/C17H18Cl2N2O3S/c1-11(13-6-4-3-5-7-13)20-17(22)12(2)21-25(23,24)16-10-14(18)8-9-15(16)19/h3-12,21H,1-2H3,(H,20,22)/t11-,12-/m1/s1. The van der Waals surface area contributed by atoms with Gasteiger partial charge in [0.25, 0.3) is 0 Å². The van der Waals surface area contributed by atoms with Gasteiger partial charge >= 0.3 is 0 Å². The highest BCUT2D eigenvalue weighted by Gasteiger charge is 2.25. The van der Waals surface area contributed by atoms with E-state index in [9.17, 15) is 13.2 Å². The maximum Gasteiger partial charge on any atom is 0.242 e. The molecule has 0 saturated carbocycles. The van der Waals surface area contributed by atoms with Gasteiger partial charge in [0.05, 0.1) is 17.1 Å². The number of nitrogens with one attached hydrogen (secondary N) is 2. The first-order valence-electron chi connectivity index (χ1n) is 7.53. The van der Waals surface area contributed by atoms with Crippen molar-refractivity contribution in [2.24, 2.45) is 0 Å². The summed E-state index contributed by atoms with van der Waals surface area (Å²) >= 11 is 11.8. The van der Waals surface area contributed by atoms with Crippen LogP contribution in [0.2, 0.25) is 10.0 Å². The molecule has 2 aromatic rings. The summed E-state index contributed by atoms with van der Waals surface area (Å²) in [6, 6.07) is 12.3. The minimum absolute atomic E-state index is 0.0298. The Morgan fingerprint density at radius 3 is 2.32 bits per heavy atom. The van der Waals surface area contributed by atoms with E-state index >= 15 is 0 Å². The van der Waals surface area contributed by atoms with Crippen LogP contribution in [0.4, 0.5) is 0 Å². The fourth-order valence-corrected chi connectivity index (χ4v) is 4.16. The normalized spacial score (nSPS) is 13.9. The minimum Gasteiger partial charge on any atom is -0.348 e. The topological polar surface area (TPSA) is 75.3 Å². The first-order valence-corrected chi connectivity index (χ1v) is 9.77. The van der Waals surface area contributed by atoms with Crippen LogP contribution in [0.15, 0.2) is 53.4 Å². The largest absolute Gasteiger partial charge is 0.348 e. The van der Waals surface area contributed by atoms with Gasteiger partial charge in [-0.3, -0.25) is 4.79 Å². The second kappa shape index (κ2) is 8.19. The molecule has 134 valence electrons. The van der Waals surface area contributed by atoms with Crippen molar-refractivity contribution in [3.8, 4) is 0 Å². The summed E-state index contributed by atoms with van der Waals surface area (Å²) in [6.07, 6.45) is 0. The highest BCUT2D eigenvalue weighted by molar-refractivity contribution is 7.89. The zero-order chi connectivity index (χ0) is 18.6. The third-order valence-electron chi connectivity index (χ3n) is 3.57. The molecule has 1 amide bonds. The Labute approximate surface area is 157 Å². The molecular weight excluding hydrogens is 383 g/mol. The summed E-state index contributed by atoms with van der Waals surface area (Å²) in [5, 5.41) is 3.04. The third kappa shape index (κ3) is 5.19. The van der Waals surface area contributed by atoms with E-state index in [1.807, 2.05) is 37.3 Å². The maximum atomic E-state index is 12.4. The molecule has 25 heavy (non-hydrogen) atoms. The predicted molar refractivity (Wildman–Crippen MR) is 99.2 cm³/mol. The van der Waals surface area contributed by atoms with Crippen molar-refractivity contribution in [2.75, 3.05) is 0 Å². The number of amides is 1. The SMILES string of the molecule is C[C@@H](NS(=O)(=O)c1cc(Cl)ccc1Cl)C(=O)N[C@H](C)c1ccccc1. The Kier molecular flexibility index (Phi) is 6.46. The minimum atomic E-state index is -3.99. The van der Waals surface area contributed by atoms with E-state index in [4.69, 9.17) is 23.2 Å². The summed E-state index contributed by atoms with van der Waals surface area (Å²) in [5.41, 5.74) is 0.920. The van der Waals surface area contributed by atoms with Gasteiger partial charge in [0.15, 0.2) is 0 Å².